The van der Waals surface area contributed by atoms with Gasteiger partial charge in [-0.25, -0.2) is 0 Å². The predicted molar refractivity (Wildman–Crippen MR) is 64.9 cm³/mol. The lowest BCUT2D eigenvalue weighted by Gasteiger charge is -2.32. The van der Waals surface area contributed by atoms with E-state index < -0.39 is 0 Å². The number of carbonyl (C=O) groups excluding carboxylic acids is 1. The lowest BCUT2D eigenvalue weighted by molar-refractivity contribution is -0.133. The number of hydrogen-bond donors (Lipinski definition) is 1. The van der Waals surface area contributed by atoms with Crippen molar-refractivity contribution in [2.75, 3.05) is 19.6 Å². The van der Waals surface area contributed by atoms with Gasteiger partial charge in [-0.05, 0) is 44.1 Å². The van der Waals surface area contributed by atoms with Crippen LogP contribution in [0.5, 0.6) is 0 Å². The summed E-state index contributed by atoms with van der Waals surface area (Å²) < 4.78 is 0. The van der Waals surface area contributed by atoms with Crippen molar-refractivity contribution in [1.29, 1.82) is 0 Å². The summed E-state index contributed by atoms with van der Waals surface area (Å²) in [4.78, 5) is 14.2. The van der Waals surface area contributed by atoms with Crippen molar-refractivity contribution in [2.24, 2.45) is 17.6 Å². The highest BCUT2D eigenvalue weighted by atomic mass is 16.2. The Labute approximate surface area is 98.4 Å². The number of carbonyl (C=O) groups is 1. The van der Waals surface area contributed by atoms with Gasteiger partial charge < -0.3 is 10.6 Å². The van der Waals surface area contributed by atoms with Gasteiger partial charge in [-0.2, -0.15) is 0 Å². The van der Waals surface area contributed by atoms with Crippen LogP contribution in [0.15, 0.2) is 0 Å². The molecule has 2 fully saturated rings. The Morgan fingerprint density at radius 3 is 2.50 bits per heavy atom. The Morgan fingerprint density at radius 1 is 1.12 bits per heavy atom. The first-order chi connectivity index (χ1) is 7.79. The molecule has 16 heavy (non-hydrogen) atoms. The molecule has 1 heterocycles. The first kappa shape index (κ1) is 11.9. The lowest BCUT2D eigenvalue weighted by atomic mass is 9.96. The first-order valence-electron chi connectivity index (χ1n) is 6.77. The molecule has 92 valence electrons. The highest BCUT2D eigenvalue weighted by Crippen LogP contribution is 2.28. The molecule has 0 aromatic heterocycles. The summed E-state index contributed by atoms with van der Waals surface area (Å²) in [7, 11) is 0. The van der Waals surface area contributed by atoms with E-state index in [1.54, 1.807) is 0 Å². The molecule has 2 N–H and O–H groups in total. The van der Waals surface area contributed by atoms with Crippen LogP contribution in [0.4, 0.5) is 0 Å². The molecular weight excluding hydrogens is 200 g/mol. The smallest absolute Gasteiger partial charge is 0.222 e. The third kappa shape index (κ3) is 2.97. The Balaban J connectivity index is 1.79. The van der Waals surface area contributed by atoms with Gasteiger partial charge in [0.05, 0.1) is 0 Å². The van der Waals surface area contributed by atoms with E-state index in [-0.39, 0.29) is 0 Å². The number of likely N-dealkylation sites (tertiary alicyclic amines) is 1. The Bertz CT molecular complexity index is 236. The first-order valence-corrected chi connectivity index (χ1v) is 6.77. The van der Waals surface area contributed by atoms with Gasteiger partial charge >= 0.3 is 0 Å². The molecule has 1 amide bonds. The number of rotatable bonds is 3. The molecule has 0 bridgehead atoms. The number of amides is 1. The van der Waals surface area contributed by atoms with Crippen LogP contribution in [0.2, 0.25) is 0 Å². The molecule has 1 atom stereocenters. The summed E-state index contributed by atoms with van der Waals surface area (Å²) in [5.41, 5.74) is 5.69. The molecule has 2 rings (SSSR count). The van der Waals surface area contributed by atoms with Gasteiger partial charge in [0, 0.05) is 19.5 Å². The van der Waals surface area contributed by atoms with Crippen LogP contribution in [0, 0.1) is 11.8 Å². The number of nitrogens with two attached hydrogens (primary N) is 1. The average Bonchev–Trinajstić information content (AvgIpc) is 2.82. The van der Waals surface area contributed by atoms with Crippen molar-refractivity contribution < 1.29 is 4.79 Å². The molecule has 0 unspecified atom stereocenters. The molecule has 0 radical (unpaired) electrons. The third-order valence-corrected chi connectivity index (χ3v) is 4.14. The summed E-state index contributed by atoms with van der Waals surface area (Å²) in [5, 5.41) is 0. The maximum Gasteiger partial charge on any atom is 0.222 e. The zero-order valence-corrected chi connectivity index (χ0v) is 10.2. The van der Waals surface area contributed by atoms with Gasteiger partial charge in [0.1, 0.15) is 0 Å². The second-order valence-electron chi connectivity index (χ2n) is 5.44. The summed E-state index contributed by atoms with van der Waals surface area (Å²) in [6.45, 7) is 2.59. The second kappa shape index (κ2) is 5.67. The Morgan fingerprint density at radius 2 is 1.81 bits per heavy atom. The zero-order valence-electron chi connectivity index (χ0n) is 10.2. The van der Waals surface area contributed by atoms with E-state index in [2.05, 4.69) is 4.90 Å². The Kier molecular flexibility index (Phi) is 4.22. The van der Waals surface area contributed by atoms with Crippen molar-refractivity contribution in [3.8, 4) is 0 Å². The molecule has 1 saturated heterocycles. The van der Waals surface area contributed by atoms with Crippen molar-refractivity contribution in [3.63, 3.8) is 0 Å². The highest BCUT2D eigenvalue weighted by molar-refractivity contribution is 5.76. The van der Waals surface area contributed by atoms with Crippen molar-refractivity contribution in [3.05, 3.63) is 0 Å². The molecule has 1 aliphatic carbocycles. The number of nitrogens with zero attached hydrogens (tertiary/aromatic N) is 1. The van der Waals surface area contributed by atoms with Gasteiger partial charge in [-0.3, -0.25) is 4.79 Å². The molecule has 1 saturated carbocycles. The molecule has 2 aliphatic rings. The minimum atomic E-state index is 0.380. The van der Waals surface area contributed by atoms with Gasteiger partial charge in [0.2, 0.25) is 5.91 Å². The average molecular weight is 224 g/mol. The fourth-order valence-corrected chi connectivity index (χ4v) is 3.07. The largest absolute Gasteiger partial charge is 0.342 e. The maximum absolute atomic E-state index is 12.1. The quantitative estimate of drug-likeness (QED) is 0.794. The fourth-order valence-electron chi connectivity index (χ4n) is 3.07. The lowest BCUT2D eigenvalue weighted by Crippen LogP contribution is -2.42. The van der Waals surface area contributed by atoms with E-state index in [0.29, 0.717) is 17.7 Å². The van der Waals surface area contributed by atoms with Crippen molar-refractivity contribution in [1.82, 2.24) is 4.90 Å². The molecular formula is C13H24N2O. The summed E-state index contributed by atoms with van der Waals surface area (Å²) >= 11 is 0. The standard InChI is InChI=1S/C13H24N2O/c14-9-12-6-3-7-15(10-12)13(16)8-11-4-1-2-5-11/h11-12H,1-10,14H2/t12-/m1/s1. The van der Waals surface area contributed by atoms with Gasteiger partial charge in [-0.15, -0.1) is 0 Å². The predicted octanol–water partition coefficient (Wildman–Crippen LogP) is 1.76. The van der Waals surface area contributed by atoms with E-state index in [9.17, 15) is 4.79 Å². The SMILES string of the molecule is NC[C@H]1CCCN(C(=O)CC2CCCC2)C1. The van der Waals surface area contributed by atoms with Crippen LogP contribution in [0.25, 0.3) is 0 Å². The number of piperidine rings is 1. The van der Waals surface area contributed by atoms with Crippen LogP contribution in [-0.4, -0.2) is 30.4 Å². The fraction of sp³-hybridized carbons (Fsp3) is 0.923. The van der Waals surface area contributed by atoms with Crippen LogP contribution < -0.4 is 5.73 Å². The van der Waals surface area contributed by atoms with Crippen LogP contribution in [-0.2, 0) is 4.79 Å². The van der Waals surface area contributed by atoms with E-state index >= 15 is 0 Å². The summed E-state index contributed by atoms with van der Waals surface area (Å²) in [6, 6.07) is 0. The molecule has 3 heteroatoms. The van der Waals surface area contributed by atoms with Gasteiger partial charge in [0.25, 0.3) is 0 Å². The normalized spacial score (nSPS) is 27.3. The molecule has 0 aromatic rings. The van der Waals surface area contributed by atoms with Gasteiger partial charge in [0.15, 0.2) is 0 Å². The molecule has 0 spiro atoms. The molecule has 3 nitrogen and oxygen atoms in total. The highest BCUT2D eigenvalue weighted by Gasteiger charge is 2.25. The Hall–Kier alpha value is -0.570. The van der Waals surface area contributed by atoms with E-state index in [1.165, 1.54) is 32.1 Å². The van der Waals surface area contributed by atoms with Crippen molar-refractivity contribution >= 4 is 5.91 Å². The van der Waals surface area contributed by atoms with Crippen LogP contribution >= 0.6 is 0 Å². The third-order valence-electron chi connectivity index (χ3n) is 4.14. The molecule has 1 aliphatic heterocycles. The van der Waals surface area contributed by atoms with Gasteiger partial charge in [-0.1, -0.05) is 12.8 Å². The van der Waals surface area contributed by atoms with Crippen LogP contribution in [0.1, 0.15) is 44.9 Å². The van der Waals surface area contributed by atoms with E-state index in [4.69, 9.17) is 5.73 Å². The molecule has 0 aromatic carbocycles. The van der Waals surface area contributed by atoms with E-state index in [1.807, 2.05) is 0 Å². The van der Waals surface area contributed by atoms with E-state index in [0.717, 1.165) is 32.5 Å². The minimum absolute atomic E-state index is 0.380. The van der Waals surface area contributed by atoms with Crippen LogP contribution in [0.3, 0.4) is 0 Å². The number of hydrogen-bond acceptors (Lipinski definition) is 2. The minimum Gasteiger partial charge on any atom is -0.342 e. The van der Waals surface area contributed by atoms with Crippen molar-refractivity contribution in [2.45, 2.75) is 44.9 Å². The topological polar surface area (TPSA) is 46.3 Å². The summed E-state index contributed by atoms with van der Waals surface area (Å²) in [6.07, 6.45) is 8.30. The summed E-state index contributed by atoms with van der Waals surface area (Å²) in [5.74, 6) is 1.59. The second-order valence-corrected chi connectivity index (χ2v) is 5.44. The maximum atomic E-state index is 12.1. The zero-order chi connectivity index (χ0) is 11.4. The monoisotopic (exact) mass is 224 g/mol.